The molecule has 4 atom stereocenters. The van der Waals surface area contributed by atoms with Crippen LogP contribution < -0.4 is 11.1 Å². The first-order chi connectivity index (χ1) is 8.65. The van der Waals surface area contributed by atoms with Crippen LogP contribution in [0.15, 0.2) is 18.2 Å². The van der Waals surface area contributed by atoms with Gasteiger partial charge < -0.3 is 11.1 Å². The third-order valence-electron chi connectivity index (χ3n) is 5.19. The van der Waals surface area contributed by atoms with Crippen molar-refractivity contribution >= 4 is 11.4 Å². The van der Waals surface area contributed by atoms with E-state index in [1.54, 1.807) is 0 Å². The summed E-state index contributed by atoms with van der Waals surface area (Å²) in [6, 6.07) is 6.73. The van der Waals surface area contributed by atoms with Gasteiger partial charge in [-0.25, -0.2) is 0 Å². The summed E-state index contributed by atoms with van der Waals surface area (Å²) in [5.74, 6) is 2.86. The summed E-state index contributed by atoms with van der Waals surface area (Å²) in [5, 5.41) is 3.70. The highest BCUT2D eigenvalue weighted by atomic mass is 14.9. The van der Waals surface area contributed by atoms with Crippen LogP contribution in [0.1, 0.15) is 38.2 Å². The van der Waals surface area contributed by atoms with Crippen molar-refractivity contribution in [3.63, 3.8) is 0 Å². The summed E-state index contributed by atoms with van der Waals surface area (Å²) >= 11 is 0. The number of hydrogen-bond donors (Lipinski definition) is 2. The van der Waals surface area contributed by atoms with E-state index in [-0.39, 0.29) is 0 Å². The molecule has 0 spiro atoms. The van der Waals surface area contributed by atoms with Crippen molar-refractivity contribution in [2.45, 2.75) is 45.6 Å². The highest BCUT2D eigenvalue weighted by Crippen LogP contribution is 2.49. The van der Waals surface area contributed by atoms with Crippen molar-refractivity contribution in [3.05, 3.63) is 23.8 Å². The van der Waals surface area contributed by atoms with Gasteiger partial charge in [-0.3, -0.25) is 0 Å². The number of benzene rings is 1. The van der Waals surface area contributed by atoms with Gasteiger partial charge in [-0.1, -0.05) is 12.5 Å². The van der Waals surface area contributed by atoms with Crippen LogP contribution in [0.25, 0.3) is 0 Å². The molecule has 2 bridgehead atoms. The number of hydrogen-bond acceptors (Lipinski definition) is 2. The van der Waals surface area contributed by atoms with Crippen molar-refractivity contribution in [1.82, 2.24) is 0 Å². The van der Waals surface area contributed by atoms with E-state index in [1.165, 1.54) is 36.9 Å². The molecule has 18 heavy (non-hydrogen) atoms. The summed E-state index contributed by atoms with van der Waals surface area (Å²) in [6.07, 6.45) is 5.84. The van der Waals surface area contributed by atoms with Gasteiger partial charge in [0, 0.05) is 17.4 Å². The quantitative estimate of drug-likeness (QED) is 0.793. The number of anilines is 2. The number of nitrogens with one attached hydrogen (secondary N) is 1. The van der Waals surface area contributed by atoms with Crippen LogP contribution in [0.4, 0.5) is 11.4 Å². The first kappa shape index (κ1) is 11.9. The molecule has 98 valence electrons. The van der Waals surface area contributed by atoms with E-state index >= 15 is 0 Å². The van der Waals surface area contributed by atoms with Gasteiger partial charge in [-0.05, 0) is 68.6 Å². The Bertz CT molecular complexity index is 441. The number of fused-ring (bicyclic) bond motifs is 2. The highest BCUT2D eigenvalue weighted by Gasteiger charge is 2.41. The zero-order valence-electron chi connectivity index (χ0n) is 11.4. The standard InChI is InChI=1S/C16H24N2/c1-10-15(17)4-3-5-16(10)18-11(2)14-9-12-6-7-13(14)8-12/h3-5,11-14,18H,6-9,17H2,1-2H3. The van der Waals surface area contributed by atoms with E-state index in [1.807, 2.05) is 12.1 Å². The Morgan fingerprint density at radius 1 is 1.28 bits per heavy atom. The van der Waals surface area contributed by atoms with Gasteiger partial charge in [0.2, 0.25) is 0 Å². The molecule has 3 rings (SSSR count). The van der Waals surface area contributed by atoms with Gasteiger partial charge >= 0.3 is 0 Å². The molecule has 2 saturated carbocycles. The van der Waals surface area contributed by atoms with Crippen molar-refractivity contribution in [1.29, 1.82) is 0 Å². The van der Waals surface area contributed by atoms with Crippen molar-refractivity contribution in [2.24, 2.45) is 17.8 Å². The maximum atomic E-state index is 5.97. The average molecular weight is 244 g/mol. The molecule has 0 amide bonds. The lowest BCUT2D eigenvalue weighted by molar-refractivity contribution is 0.304. The predicted molar refractivity (Wildman–Crippen MR) is 77.6 cm³/mol. The summed E-state index contributed by atoms with van der Waals surface area (Å²) in [6.45, 7) is 4.44. The lowest BCUT2D eigenvalue weighted by Gasteiger charge is -2.30. The lowest BCUT2D eigenvalue weighted by Crippen LogP contribution is -2.30. The lowest BCUT2D eigenvalue weighted by atomic mass is 9.84. The van der Waals surface area contributed by atoms with Gasteiger partial charge in [-0.15, -0.1) is 0 Å². The Hall–Kier alpha value is -1.18. The topological polar surface area (TPSA) is 38.0 Å². The van der Waals surface area contributed by atoms with E-state index in [9.17, 15) is 0 Å². The predicted octanol–water partition coefficient (Wildman–Crippen LogP) is 3.81. The molecule has 2 fully saturated rings. The fourth-order valence-corrected chi connectivity index (χ4v) is 4.07. The minimum atomic E-state index is 0.570. The Balaban J connectivity index is 1.71. The summed E-state index contributed by atoms with van der Waals surface area (Å²) in [7, 11) is 0. The van der Waals surface area contributed by atoms with Crippen molar-refractivity contribution in [3.8, 4) is 0 Å². The molecule has 0 heterocycles. The van der Waals surface area contributed by atoms with E-state index in [2.05, 4.69) is 25.2 Å². The molecule has 1 aromatic rings. The minimum Gasteiger partial charge on any atom is -0.398 e. The number of nitrogen functional groups attached to an aromatic ring is 1. The maximum absolute atomic E-state index is 5.97. The van der Waals surface area contributed by atoms with Gasteiger partial charge in [0.25, 0.3) is 0 Å². The molecule has 4 unspecified atom stereocenters. The van der Waals surface area contributed by atoms with E-state index in [0.29, 0.717) is 6.04 Å². The molecule has 0 saturated heterocycles. The van der Waals surface area contributed by atoms with E-state index < -0.39 is 0 Å². The van der Waals surface area contributed by atoms with Gasteiger partial charge in [0.1, 0.15) is 0 Å². The van der Waals surface area contributed by atoms with Gasteiger partial charge in [0.05, 0.1) is 0 Å². The molecule has 0 aliphatic heterocycles. The van der Waals surface area contributed by atoms with Crippen LogP contribution in [0.3, 0.4) is 0 Å². The Kier molecular flexibility index (Phi) is 2.96. The van der Waals surface area contributed by atoms with Gasteiger partial charge in [0.15, 0.2) is 0 Å². The van der Waals surface area contributed by atoms with Gasteiger partial charge in [-0.2, -0.15) is 0 Å². The van der Waals surface area contributed by atoms with Crippen LogP contribution in [0.2, 0.25) is 0 Å². The molecule has 2 aliphatic rings. The monoisotopic (exact) mass is 244 g/mol. The fourth-order valence-electron chi connectivity index (χ4n) is 4.07. The second kappa shape index (κ2) is 4.49. The van der Waals surface area contributed by atoms with Crippen LogP contribution >= 0.6 is 0 Å². The van der Waals surface area contributed by atoms with Crippen molar-refractivity contribution < 1.29 is 0 Å². The molecule has 2 aliphatic carbocycles. The molecule has 0 radical (unpaired) electrons. The minimum absolute atomic E-state index is 0.570. The number of nitrogens with two attached hydrogens (primary N) is 1. The zero-order valence-corrected chi connectivity index (χ0v) is 11.4. The molecular weight excluding hydrogens is 220 g/mol. The van der Waals surface area contributed by atoms with Crippen LogP contribution in [-0.2, 0) is 0 Å². The second-order valence-corrected chi connectivity index (χ2v) is 6.29. The SMILES string of the molecule is Cc1c(N)cccc1NC(C)C1CC2CCC1C2. The Morgan fingerprint density at radius 2 is 2.11 bits per heavy atom. The van der Waals surface area contributed by atoms with Crippen molar-refractivity contribution in [2.75, 3.05) is 11.1 Å². The first-order valence-electron chi connectivity index (χ1n) is 7.26. The zero-order chi connectivity index (χ0) is 12.7. The number of rotatable bonds is 3. The smallest absolute Gasteiger partial charge is 0.0392 e. The normalized spacial score (nSPS) is 31.6. The second-order valence-electron chi connectivity index (χ2n) is 6.29. The third kappa shape index (κ3) is 1.98. The van der Waals surface area contributed by atoms with Crippen LogP contribution in [0.5, 0.6) is 0 Å². The maximum Gasteiger partial charge on any atom is 0.0392 e. The van der Waals surface area contributed by atoms with E-state index in [0.717, 1.165) is 23.4 Å². The fraction of sp³-hybridized carbons (Fsp3) is 0.625. The van der Waals surface area contributed by atoms with Crippen LogP contribution in [0, 0.1) is 24.7 Å². The van der Waals surface area contributed by atoms with Crippen LogP contribution in [-0.4, -0.2) is 6.04 Å². The summed E-state index contributed by atoms with van der Waals surface area (Å²) < 4.78 is 0. The molecule has 2 nitrogen and oxygen atoms in total. The molecule has 3 N–H and O–H groups in total. The molecular formula is C16H24N2. The molecule has 0 aromatic heterocycles. The third-order valence-corrected chi connectivity index (χ3v) is 5.19. The van der Waals surface area contributed by atoms with E-state index in [4.69, 9.17) is 5.73 Å². The average Bonchev–Trinajstić information content (AvgIpc) is 2.97. The molecule has 2 heteroatoms. The summed E-state index contributed by atoms with van der Waals surface area (Å²) in [4.78, 5) is 0. The first-order valence-corrected chi connectivity index (χ1v) is 7.26. The molecule has 1 aromatic carbocycles. The Morgan fingerprint density at radius 3 is 2.78 bits per heavy atom. The summed E-state index contributed by atoms with van der Waals surface area (Å²) in [5.41, 5.74) is 9.26. The highest BCUT2D eigenvalue weighted by molar-refractivity contribution is 5.63. The largest absolute Gasteiger partial charge is 0.398 e. The Labute approximate surface area is 110 Å².